The van der Waals surface area contributed by atoms with Crippen LogP contribution in [0.15, 0.2) is 47.4 Å². The third-order valence-corrected chi connectivity index (χ3v) is 4.03. The average molecular weight is 333 g/mol. The molecule has 0 spiro atoms. The molecule has 0 aliphatic carbocycles. The first-order chi connectivity index (χ1) is 9.40. The maximum atomic E-state index is 11.3. The number of rotatable bonds is 4. The molecule has 0 aliphatic rings. The highest BCUT2D eigenvalue weighted by Gasteiger charge is 2.15. The molecule has 7 heteroatoms. The molecule has 0 fully saturated rings. The summed E-state index contributed by atoms with van der Waals surface area (Å²) in [4.78, 5) is -0.0722. The lowest BCUT2D eigenvalue weighted by atomic mass is 10.3. The number of hydrogen-bond donors (Lipinski definition) is 0. The minimum atomic E-state index is -3.84. The maximum Gasteiger partial charge on any atom is 0.261 e. The van der Waals surface area contributed by atoms with E-state index in [9.17, 15) is 8.42 Å². The zero-order valence-corrected chi connectivity index (χ0v) is 12.7. The van der Waals surface area contributed by atoms with Crippen LogP contribution in [0.3, 0.4) is 0 Å². The van der Waals surface area contributed by atoms with Crippen molar-refractivity contribution >= 4 is 31.3 Å². The average Bonchev–Trinajstić information content (AvgIpc) is 2.37. The van der Waals surface area contributed by atoms with Gasteiger partial charge in [-0.2, -0.15) is 0 Å². The van der Waals surface area contributed by atoms with E-state index in [-0.39, 0.29) is 10.6 Å². The molecule has 0 heterocycles. The van der Waals surface area contributed by atoms with Crippen LogP contribution < -0.4 is 9.47 Å². The molecule has 2 aromatic rings. The molecule has 0 N–H and O–H groups in total. The van der Waals surface area contributed by atoms with Gasteiger partial charge in [-0.3, -0.25) is 0 Å². The van der Waals surface area contributed by atoms with Crippen molar-refractivity contribution in [2.75, 3.05) is 7.11 Å². The summed E-state index contributed by atoms with van der Waals surface area (Å²) in [6, 6.07) is 10.8. The van der Waals surface area contributed by atoms with Gasteiger partial charge in [0, 0.05) is 21.8 Å². The monoisotopic (exact) mass is 332 g/mol. The maximum absolute atomic E-state index is 11.3. The van der Waals surface area contributed by atoms with Gasteiger partial charge in [0.2, 0.25) is 0 Å². The standard InChI is InChI=1S/C13H10Cl2O4S/c1-18-12-6-5-11(20(15,16)17)8-13(12)19-10-4-2-3-9(14)7-10/h2-8H,1H3. The lowest BCUT2D eigenvalue weighted by Crippen LogP contribution is -1.95. The van der Waals surface area contributed by atoms with Crippen molar-refractivity contribution in [1.82, 2.24) is 0 Å². The minimum Gasteiger partial charge on any atom is -0.493 e. The Morgan fingerprint density at radius 1 is 1.05 bits per heavy atom. The second-order valence-electron chi connectivity index (χ2n) is 3.81. The van der Waals surface area contributed by atoms with Gasteiger partial charge in [-0.25, -0.2) is 8.42 Å². The summed E-state index contributed by atoms with van der Waals surface area (Å²) >= 11 is 5.86. The summed E-state index contributed by atoms with van der Waals surface area (Å²) in [6.07, 6.45) is 0. The molecule has 2 aromatic carbocycles. The van der Waals surface area contributed by atoms with E-state index in [2.05, 4.69) is 0 Å². The normalized spacial score (nSPS) is 11.2. The van der Waals surface area contributed by atoms with E-state index < -0.39 is 9.05 Å². The highest BCUT2D eigenvalue weighted by atomic mass is 35.7. The van der Waals surface area contributed by atoms with Crippen molar-refractivity contribution in [3.8, 4) is 17.2 Å². The number of hydrogen-bond acceptors (Lipinski definition) is 4. The van der Waals surface area contributed by atoms with Crippen molar-refractivity contribution in [1.29, 1.82) is 0 Å². The highest BCUT2D eigenvalue weighted by molar-refractivity contribution is 8.13. The number of benzene rings is 2. The van der Waals surface area contributed by atoms with E-state index in [0.29, 0.717) is 16.5 Å². The molecule has 4 nitrogen and oxygen atoms in total. The van der Waals surface area contributed by atoms with Crippen molar-refractivity contribution < 1.29 is 17.9 Å². The van der Waals surface area contributed by atoms with E-state index in [4.69, 9.17) is 31.8 Å². The molecule has 0 unspecified atom stereocenters. The fourth-order valence-corrected chi connectivity index (χ4v) is 2.49. The highest BCUT2D eigenvalue weighted by Crippen LogP contribution is 2.35. The lowest BCUT2D eigenvalue weighted by molar-refractivity contribution is 0.378. The van der Waals surface area contributed by atoms with Crippen LogP contribution in [0.1, 0.15) is 0 Å². The summed E-state index contributed by atoms with van der Waals surface area (Å²) in [5, 5.41) is 0.502. The second-order valence-corrected chi connectivity index (χ2v) is 6.81. The molecule has 20 heavy (non-hydrogen) atoms. The van der Waals surface area contributed by atoms with Crippen LogP contribution >= 0.6 is 22.3 Å². The van der Waals surface area contributed by atoms with Gasteiger partial charge in [0.1, 0.15) is 5.75 Å². The van der Waals surface area contributed by atoms with E-state index >= 15 is 0 Å². The Hall–Kier alpha value is -1.43. The Balaban J connectivity index is 2.44. The Morgan fingerprint density at radius 3 is 2.40 bits per heavy atom. The molecule has 0 amide bonds. The number of methoxy groups -OCH3 is 1. The first-order valence-electron chi connectivity index (χ1n) is 5.46. The van der Waals surface area contributed by atoms with Crippen LogP contribution in [0.4, 0.5) is 0 Å². The van der Waals surface area contributed by atoms with Gasteiger partial charge >= 0.3 is 0 Å². The van der Waals surface area contributed by atoms with Crippen LogP contribution in [0.2, 0.25) is 5.02 Å². The molecule has 0 saturated heterocycles. The van der Waals surface area contributed by atoms with E-state index in [1.165, 1.54) is 25.3 Å². The topological polar surface area (TPSA) is 52.6 Å². The van der Waals surface area contributed by atoms with E-state index in [0.717, 1.165) is 0 Å². The summed E-state index contributed by atoms with van der Waals surface area (Å²) in [6.45, 7) is 0. The first-order valence-corrected chi connectivity index (χ1v) is 8.15. The molecule has 0 aliphatic heterocycles. The molecule has 0 bridgehead atoms. The fraction of sp³-hybridized carbons (Fsp3) is 0.0769. The van der Waals surface area contributed by atoms with Gasteiger partial charge in [0.15, 0.2) is 11.5 Å². The van der Waals surface area contributed by atoms with Crippen molar-refractivity contribution in [3.63, 3.8) is 0 Å². The lowest BCUT2D eigenvalue weighted by Gasteiger charge is -2.11. The fourth-order valence-electron chi connectivity index (χ4n) is 1.55. The third kappa shape index (κ3) is 3.56. The predicted octanol–water partition coefficient (Wildman–Crippen LogP) is 4.07. The van der Waals surface area contributed by atoms with Crippen molar-refractivity contribution in [2.24, 2.45) is 0 Å². The Labute approximate surface area is 126 Å². The van der Waals surface area contributed by atoms with Gasteiger partial charge in [0.05, 0.1) is 12.0 Å². The Morgan fingerprint density at radius 2 is 1.80 bits per heavy atom. The van der Waals surface area contributed by atoms with Gasteiger partial charge in [-0.1, -0.05) is 17.7 Å². The van der Waals surface area contributed by atoms with Crippen LogP contribution in [0.5, 0.6) is 17.2 Å². The van der Waals surface area contributed by atoms with Gasteiger partial charge in [0.25, 0.3) is 9.05 Å². The van der Waals surface area contributed by atoms with Crippen molar-refractivity contribution in [3.05, 3.63) is 47.5 Å². The number of ether oxygens (including phenoxy) is 2. The van der Waals surface area contributed by atoms with E-state index in [1.54, 1.807) is 24.3 Å². The molecule has 0 atom stereocenters. The molecule has 0 aromatic heterocycles. The van der Waals surface area contributed by atoms with Crippen LogP contribution in [0, 0.1) is 0 Å². The summed E-state index contributed by atoms with van der Waals surface area (Å²) < 4.78 is 33.4. The van der Waals surface area contributed by atoms with Crippen LogP contribution in [-0.2, 0) is 9.05 Å². The SMILES string of the molecule is COc1ccc(S(=O)(=O)Cl)cc1Oc1cccc(Cl)c1. The molecular formula is C13H10Cl2O4S. The molecule has 0 radical (unpaired) electrons. The van der Waals surface area contributed by atoms with E-state index in [1.807, 2.05) is 0 Å². The van der Waals surface area contributed by atoms with Gasteiger partial charge < -0.3 is 9.47 Å². The third-order valence-electron chi connectivity index (χ3n) is 2.44. The predicted molar refractivity (Wildman–Crippen MR) is 77.6 cm³/mol. The smallest absolute Gasteiger partial charge is 0.261 e. The zero-order valence-electron chi connectivity index (χ0n) is 10.3. The summed E-state index contributed by atoms with van der Waals surface area (Å²) in [5.41, 5.74) is 0. The Bertz CT molecular complexity index is 729. The first kappa shape index (κ1) is 15.0. The van der Waals surface area contributed by atoms with Crippen LogP contribution in [0.25, 0.3) is 0 Å². The minimum absolute atomic E-state index is 0.0722. The zero-order chi connectivity index (χ0) is 14.8. The van der Waals surface area contributed by atoms with Gasteiger partial charge in [-0.05, 0) is 30.3 Å². The van der Waals surface area contributed by atoms with Crippen molar-refractivity contribution in [2.45, 2.75) is 4.90 Å². The largest absolute Gasteiger partial charge is 0.493 e. The molecular weight excluding hydrogens is 323 g/mol. The quantitative estimate of drug-likeness (QED) is 0.792. The molecule has 106 valence electrons. The summed E-state index contributed by atoms with van der Waals surface area (Å²) in [5.74, 6) is 1.07. The summed E-state index contributed by atoms with van der Waals surface area (Å²) in [7, 11) is 2.92. The van der Waals surface area contributed by atoms with Crippen LogP contribution in [-0.4, -0.2) is 15.5 Å². The van der Waals surface area contributed by atoms with Gasteiger partial charge in [-0.15, -0.1) is 0 Å². The molecule has 0 saturated carbocycles. The Kier molecular flexibility index (Phi) is 4.42. The second kappa shape index (κ2) is 5.91. The molecule has 2 rings (SSSR count). The number of halogens is 2.